The first-order valence-corrected chi connectivity index (χ1v) is 8.82. The second-order valence-corrected chi connectivity index (χ2v) is 7.18. The van der Waals surface area contributed by atoms with Gasteiger partial charge >= 0.3 is 0 Å². The lowest BCUT2D eigenvalue weighted by atomic mass is 9.86. The van der Waals surface area contributed by atoms with E-state index in [4.69, 9.17) is 34.6 Å². The fourth-order valence-corrected chi connectivity index (χ4v) is 3.89. The molecule has 1 fully saturated rings. The quantitative estimate of drug-likeness (QED) is 0.200. The van der Waals surface area contributed by atoms with Gasteiger partial charge in [0, 0.05) is 33.4 Å². The Labute approximate surface area is 154 Å². The lowest BCUT2D eigenvalue weighted by Crippen LogP contribution is -2.47. The molecular formula is C16H18Cl2N6O. The van der Waals surface area contributed by atoms with Crippen LogP contribution in [-0.2, 0) is 0 Å². The number of aromatic nitrogens is 1. The lowest BCUT2D eigenvalue weighted by Gasteiger charge is -2.33. The summed E-state index contributed by atoms with van der Waals surface area (Å²) >= 11 is 12.2. The normalized spacial score (nSPS) is 20.3. The molecule has 0 radical (unpaired) electrons. The fraction of sp³-hybridized carbons (Fsp3) is 0.438. The third-order valence-electron chi connectivity index (χ3n) is 4.73. The molecule has 0 atom stereocenters. The highest BCUT2D eigenvalue weighted by atomic mass is 35.5. The summed E-state index contributed by atoms with van der Waals surface area (Å²) < 4.78 is 0. The van der Waals surface area contributed by atoms with E-state index in [1.807, 2.05) is 0 Å². The first-order chi connectivity index (χ1) is 12.0. The molecule has 3 N–H and O–H groups in total. The van der Waals surface area contributed by atoms with E-state index in [-0.39, 0.29) is 11.9 Å². The minimum atomic E-state index is -0.276. The van der Waals surface area contributed by atoms with E-state index in [2.05, 4.69) is 15.0 Å². The van der Waals surface area contributed by atoms with Gasteiger partial charge in [0.25, 0.3) is 5.91 Å². The van der Waals surface area contributed by atoms with Crippen LogP contribution >= 0.6 is 23.2 Å². The zero-order chi connectivity index (χ0) is 18.0. The average Bonchev–Trinajstić information content (AvgIpc) is 3.03. The van der Waals surface area contributed by atoms with Crippen molar-refractivity contribution in [2.75, 3.05) is 6.54 Å². The molecule has 0 bridgehead atoms. The number of H-pyrrole nitrogens is 1. The SMILES string of the molecule is [N-]=[N+]=NCC1CCC(N(N)C(=O)c2cc3c(Cl)cc(Cl)cc3[nH]2)CC1. The van der Waals surface area contributed by atoms with Crippen molar-refractivity contribution in [2.45, 2.75) is 31.7 Å². The van der Waals surface area contributed by atoms with Gasteiger partial charge in [0.1, 0.15) is 5.69 Å². The summed E-state index contributed by atoms with van der Waals surface area (Å²) in [6.07, 6.45) is 3.36. The van der Waals surface area contributed by atoms with Gasteiger partial charge in [0.2, 0.25) is 0 Å². The van der Waals surface area contributed by atoms with Crippen LogP contribution in [0.15, 0.2) is 23.3 Å². The number of amides is 1. The molecule has 1 amide bonds. The Bertz CT molecular complexity index is 837. The highest BCUT2D eigenvalue weighted by Crippen LogP contribution is 2.30. The fourth-order valence-electron chi connectivity index (χ4n) is 3.34. The third-order valence-corrected chi connectivity index (χ3v) is 5.26. The molecular weight excluding hydrogens is 363 g/mol. The maximum Gasteiger partial charge on any atom is 0.284 e. The molecule has 1 aromatic heterocycles. The number of nitrogens with zero attached hydrogens (tertiary/aromatic N) is 4. The lowest BCUT2D eigenvalue weighted by molar-refractivity contribution is 0.0606. The van der Waals surface area contributed by atoms with Crippen molar-refractivity contribution in [3.63, 3.8) is 0 Å². The van der Waals surface area contributed by atoms with E-state index in [9.17, 15) is 4.79 Å². The van der Waals surface area contributed by atoms with E-state index in [0.717, 1.165) is 31.1 Å². The molecule has 25 heavy (non-hydrogen) atoms. The summed E-state index contributed by atoms with van der Waals surface area (Å²) in [4.78, 5) is 18.5. The van der Waals surface area contributed by atoms with Crippen LogP contribution in [-0.4, -0.2) is 28.5 Å². The van der Waals surface area contributed by atoms with Crippen LogP contribution in [0.3, 0.4) is 0 Å². The summed E-state index contributed by atoms with van der Waals surface area (Å²) in [7, 11) is 0. The molecule has 7 nitrogen and oxygen atoms in total. The van der Waals surface area contributed by atoms with Crippen molar-refractivity contribution in [1.82, 2.24) is 9.99 Å². The van der Waals surface area contributed by atoms with E-state index in [1.54, 1.807) is 18.2 Å². The minimum Gasteiger partial charge on any atom is -0.350 e. The number of hydrazine groups is 1. The molecule has 9 heteroatoms. The zero-order valence-corrected chi connectivity index (χ0v) is 15.0. The summed E-state index contributed by atoms with van der Waals surface area (Å²) in [6.45, 7) is 0.503. The highest BCUT2D eigenvalue weighted by Gasteiger charge is 2.28. The number of fused-ring (bicyclic) bond motifs is 1. The van der Waals surface area contributed by atoms with E-state index < -0.39 is 0 Å². The predicted octanol–water partition coefficient (Wildman–Crippen LogP) is 4.66. The predicted molar refractivity (Wildman–Crippen MR) is 98.4 cm³/mol. The van der Waals surface area contributed by atoms with Crippen LogP contribution < -0.4 is 5.84 Å². The van der Waals surface area contributed by atoms with E-state index >= 15 is 0 Å². The first kappa shape index (κ1) is 17.9. The number of carbonyl (C=O) groups is 1. The molecule has 1 aromatic carbocycles. The molecule has 1 aliphatic rings. The number of hydrogen-bond acceptors (Lipinski definition) is 3. The Morgan fingerprint density at radius 2 is 2.04 bits per heavy atom. The Morgan fingerprint density at radius 1 is 1.32 bits per heavy atom. The topological polar surface area (TPSA) is 111 Å². The van der Waals surface area contributed by atoms with E-state index in [0.29, 0.717) is 33.7 Å². The molecule has 1 saturated carbocycles. The monoisotopic (exact) mass is 380 g/mol. The summed E-state index contributed by atoms with van der Waals surface area (Å²) in [5.74, 6) is 6.17. The zero-order valence-electron chi connectivity index (χ0n) is 13.5. The third kappa shape index (κ3) is 3.85. The number of azide groups is 1. The second kappa shape index (κ2) is 7.54. The summed E-state index contributed by atoms with van der Waals surface area (Å²) in [5.41, 5.74) is 9.48. The van der Waals surface area contributed by atoms with Crippen LogP contribution in [0.25, 0.3) is 21.3 Å². The van der Waals surface area contributed by atoms with Crippen molar-refractivity contribution in [2.24, 2.45) is 16.9 Å². The van der Waals surface area contributed by atoms with Gasteiger partial charge in [0.05, 0.1) is 5.02 Å². The Balaban J connectivity index is 1.71. The Hall–Kier alpha value is -1.92. The van der Waals surface area contributed by atoms with Gasteiger partial charge in [-0.25, -0.2) is 5.84 Å². The number of carbonyl (C=O) groups excluding carboxylic acids is 1. The van der Waals surface area contributed by atoms with Crippen molar-refractivity contribution in [3.05, 3.63) is 44.4 Å². The van der Waals surface area contributed by atoms with Gasteiger partial charge in [-0.3, -0.25) is 9.80 Å². The van der Waals surface area contributed by atoms with Crippen molar-refractivity contribution >= 4 is 40.0 Å². The number of nitrogens with one attached hydrogen (secondary N) is 1. The van der Waals surface area contributed by atoms with Gasteiger partial charge in [0.15, 0.2) is 0 Å². The van der Waals surface area contributed by atoms with Gasteiger partial charge in [-0.2, -0.15) is 0 Å². The molecule has 0 aliphatic heterocycles. The minimum absolute atomic E-state index is 0.0275. The summed E-state index contributed by atoms with van der Waals surface area (Å²) in [6, 6.07) is 5.03. The average molecular weight is 381 g/mol. The maximum atomic E-state index is 12.7. The van der Waals surface area contributed by atoms with Crippen LogP contribution in [0, 0.1) is 5.92 Å². The molecule has 1 heterocycles. The second-order valence-electron chi connectivity index (χ2n) is 6.33. The van der Waals surface area contributed by atoms with Gasteiger partial charge in [-0.15, -0.1) is 0 Å². The number of halogens is 2. The van der Waals surface area contributed by atoms with Gasteiger partial charge in [-0.1, -0.05) is 28.3 Å². The number of nitrogens with two attached hydrogens (primary N) is 1. The molecule has 3 rings (SSSR count). The number of rotatable bonds is 4. The van der Waals surface area contributed by atoms with Crippen molar-refractivity contribution in [1.29, 1.82) is 0 Å². The van der Waals surface area contributed by atoms with Crippen LogP contribution in [0.5, 0.6) is 0 Å². The molecule has 2 aromatic rings. The highest BCUT2D eigenvalue weighted by molar-refractivity contribution is 6.38. The largest absolute Gasteiger partial charge is 0.350 e. The molecule has 132 valence electrons. The number of benzene rings is 1. The Morgan fingerprint density at radius 3 is 2.72 bits per heavy atom. The smallest absolute Gasteiger partial charge is 0.284 e. The standard InChI is InChI=1S/C16H18Cl2N6O/c17-10-5-13(18)12-7-15(22-14(12)6-10)16(25)24(20)11-3-1-9(2-4-11)8-21-23-19/h5-7,9,11,22H,1-4,8,20H2. The maximum absolute atomic E-state index is 12.7. The molecule has 0 saturated heterocycles. The summed E-state index contributed by atoms with van der Waals surface area (Å²) in [5, 5.41) is 6.65. The van der Waals surface area contributed by atoms with Crippen LogP contribution in [0.2, 0.25) is 10.0 Å². The molecule has 1 aliphatic carbocycles. The van der Waals surface area contributed by atoms with Gasteiger partial charge in [-0.05, 0) is 55.3 Å². The van der Waals surface area contributed by atoms with Crippen LogP contribution in [0.4, 0.5) is 0 Å². The molecule has 0 spiro atoms. The molecule has 0 unspecified atom stereocenters. The van der Waals surface area contributed by atoms with Crippen LogP contribution in [0.1, 0.15) is 36.2 Å². The Kier molecular flexibility index (Phi) is 5.39. The van der Waals surface area contributed by atoms with Gasteiger partial charge < -0.3 is 4.98 Å². The number of hydrogen-bond donors (Lipinski definition) is 2. The van der Waals surface area contributed by atoms with E-state index in [1.165, 1.54) is 5.01 Å². The number of aromatic amines is 1. The van der Waals surface area contributed by atoms with Crippen molar-refractivity contribution < 1.29 is 4.79 Å². The van der Waals surface area contributed by atoms with Crippen molar-refractivity contribution in [3.8, 4) is 0 Å². The first-order valence-electron chi connectivity index (χ1n) is 8.06.